The van der Waals surface area contributed by atoms with Crippen LogP contribution in [0.25, 0.3) is 0 Å². The van der Waals surface area contributed by atoms with E-state index in [-0.39, 0.29) is 0 Å². The first-order valence-electron chi connectivity index (χ1n) is 6.20. The third-order valence-electron chi connectivity index (χ3n) is 2.77. The van der Waals surface area contributed by atoms with Crippen molar-refractivity contribution in [1.29, 1.82) is 0 Å². The van der Waals surface area contributed by atoms with Gasteiger partial charge in [-0.1, -0.05) is 0 Å². The quantitative estimate of drug-likeness (QED) is 0.478. The Kier molecular flexibility index (Phi) is 6.22. The molecule has 0 radical (unpaired) electrons. The Morgan fingerprint density at radius 2 is 2.06 bits per heavy atom. The van der Waals surface area contributed by atoms with Crippen molar-refractivity contribution < 1.29 is 25.2 Å². The Bertz CT molecular complexity index is 374. The van der Waals surface area contributed by atoms with Gasteiger partial charge in [0.25, 0.3) is 0 Å². The summed E-state index contributed by atoms with van der Waals surface area (Å²) >= 11 is 4.16. The minimum absolute atomic E-state index is 0.421. The topological polar surface area (TPSA) is 44.5 Å². The molecule has 5 heteroatoms. The van der Waals surface area contributed by atoms with Crippen LogP contribution in [0.3, 0.4) is 0 Å². The Balaban J connectivity index is 2.31. The van der Waals surface area contributed by atoms with E-state index in [1.807, 2.05) is 24.3 Å². The second-order valence-electron chi connectivity index (χ2n) is 4.73. The van der Waals surface area contributed by atoms with Crippen molar-refractivity contribution in [3.63, 3.8) is 0 Å². The number of nitrogen functional groups attached to an aromatic ring is 1. The van der Waals surface area contributed by atoms with Gasteiger partial charge in [0, 0.05) is 0 Å². The number of ether oxygens (including phenoxy) is 1. The van der Waals surface area contributed by atoms with Crippen molar-refractivity contribution >= 4 is 14.0 Å². The Morgan fingerprint density at radius 3 is 2.67 bits per heavy atom. The maximum absolute atomic E-state index is 5.95. The second-order valence-corrected chi connectivity index (χ2v) is 10.2. The first kappa shape index (κ1) is 15.6. The van der Waals surface area contributed by atoms with Crippen molar-refractivity contribution in [2.45, 2.75) is 30.9 Å². The van der Waals surface area contributed by atoms with E-state index in [4.69, 9.17) is 14.9 Å². The SMILES string of the molecule is CC[CH]([Fe])[Si](C)(C)OCCOc1cccc(N)c1. The molecule has 0 spiro atoms. The normalized spacial score (nSPS) is 13.3. The van der Waals surface area contributed by atoms with Gasteiger partial charge in [0.1, 0.15) is 0 Å². The van der Waals surface area contributed by atoms with Crippen molar-refractivity contribution in [3.8, 4) is 5.75 Å². The molecule has 0 saturated heterocycles. The van der Waals surface area contributed by atoms with E-state index < -0.39 is 8.32 Å². The van der Waals surface area contributed by atoms with Crippen LogP contribution in [-0.4, -0.2) is 21.5 Å². The van der Waals surface area contributed by atoms with Crippen LogP contribution < -0.4 is 10.5 Å². The van der Waals surface area contributed by atoms with Gasteiger partial charge < -0.3 is 0 Å². The molecule has 18 heavy (non-hydrogen) atoms. The molecule has 2 N–H and O–H groups in total. The molecule has 1 rings (SSSR count). The van der Waals surface area contributed by atoms with Gasteiger partial charge in [0.2, 0.25) is 0 Å². The van der Waals surface area contributed by atoms with E-state index in [0.29, 0.717) is 23.3 Å². The number of rotatable bonds is 7. The molecule has 3 nitrogen and oxygen atoms in total. The van der Waals surface area contributed by atoms with E-state index in [1.165, 1.54) is 0 Å². The van der Waals surface area contributed by atoms with Crippen molar-refractivity contribution in [2.75, 3.05) is 18.9 Å². The van der Waals surface area contributed by atoms with Crippen LogP contribution in [0.2, 0.25) is 17.5 Å². The minimum atomic E-state index is -1.67. The zero-order valence-corrected chi connectivity index (χ0v) is 13.4. The molecule has 0 aliphatic rings. The summed E-state index contributed by atoms with van der Waals surface area (Å²) in [7, 11) is -1.67. The van der Waals surface area contributed by atoms with E-state index in [2.05, 4.69) is 36.0 Å². The van der Waals surface area contributed by atoms with Crippen molar-refractivity contribution in [1.82, 2.24) is 0 Å². The molecule has 0 aliphatic carbocycles. The van der Waals surface area contributed by atoms with Crippen LogP contribution in [0.4, 0.5) is 5.69 Å². The number of hydrogen-bond acceptors (Lipinski definition) is 3. The van der Waals surface area contributed by atoms with Gasteiger partial charge >= 0.3 is 119 Å². The van der Waals surface area contributed by atoms with Crippen LogP contribution in [0.15, 0.2) is 24.3 Å². The Morgan fingerprint density at radius 1 is 1.33 bits per heavy atom. The molecule has 1 aromatic rings. The molecule has 0 saturated carbocycles. The molecule has 0 heterocycles. The van der Waals surface area contributed by atoms with E-state index in [1.54, 1.807) is 0 Å². The first-order chi connectivity index (χ1) is 8.45. The fourth-order valence-electron chi connectivity index (χ4n) is 1.65. The van der Waals surface area contributed by atoms with Crippen LogP contribution in [0.1, 0.15) is 13.3 Å². The van der Waals surface area contributed by atoms with Crippen LogP contribution in [0, 0.1) is 0 Å². The molecule has 1 aromatic carbocycles. The van der Waals surface area contributed by atoms with E-state index in [0.717, 1.165) is 12.2 Å². The van der Waals surface area contributed by atoms with Crippen molar-refractivity contribution in [3.05, 3.63) is 24.3 Å². The molecule has 1 atom stereocenters. The summed E-state index contributed by atoms with van der Waals surface area (Å²) < 4.78 is 12.0. The first-order valence-corrected chi connectivity index (χ1v) is 9.83. The molecular formula is C13H22FeNO2Si. The summed E-state index contributed by atoms with van der Waals surface area (Å²) in [6.45, 7) is 7.72. The number of nitrogens with two attached hydrogens (primary N) is 1. The second kappa shape index (κ2) is 7.19. The predicted octanol–water partition coefficient (Wildman–Crippen LogP) is 3.15. The zero-order valence-electron chi connectivity index (χ0n) is 11.3. The fourth-order valence-corrected chi connectivity index (χ4v) is 3.69. The van der Waals surface area contributed by atoms with Crippen LogP contribution in [-0.2, 0) is 20.4 Å². The summed E-state index contributed by atoms with van der Waals surface area (Å²) in [6, 6.07) is 7.44. The Labute approximate surface area is 119 Å². The van der Waals surface area contributed by atoms with Gasteiger partial charge in [-0.05, 0) is 0 Å². The molecule has 0 fully saturated rings. The number of benzene rings is 1. The van der Waals surface area contributed by atoms with Crippen LogP contribution >= 0.6 is 0 Å². The standard InChI is InChI=1S/C13H22NO2Si.Fe/c1-4-10-17(2,3)16-9-8-15-13-7-5-6-12(14)11-13;/h5-7,10-11H,4,8-9,14H2,1-3H3;. The zero-order chi connectivity index (χ0) is 13.6. The van der Waals surface area contributed by atoms with Gasteiger partial charge in [0.15, 0.2) is 0 Å². The maximum atomic E-state index is 5.95. The summed E-state index contributed by atoms with van der Waals surface area (Å²) in [5, 5.41) is 0. The predicted molar refractivity (Wildman–Crippen MR) is 73.8 cm³/mol. The summed E-state index contributed by atoms with van der Waals surface area (Å²) in [4.78, 5) is 0. The average molecular weight is 308 g/mol. The molecule has 103 valence electrons. The number of hydrogen-bond donors (Lipinski definition) is 1. The van der Waals surface area contributed by atoms with Gasteiger partial charge in [-0.15, -0.1) is 0 Å². The summed E-state index contributed by atoms with van der Waals surface area (Å²) in [5.41, 5.74) is 6.39. The van der Waals surface area contributed by atoms with Gasteiger partial charge in [-0.25, -0.2) is 0 Å². The van der Waals surface area contributed by atoms with Crippen molar-refractivity contribution in [2.24, 2.45) is 0 Å². The average Bonchev–Trinajstić information content (AvgIpc) is 2.33. The monoisotopic (exact) mass is 308 g/mol. The molecule has 0 aromatic heterocycles. The molecule has 0 bridgehead atoms. The number of anilines is 1. The molecular weight excluding hydrogens is 286 g/mol. The Hall–Kier alpha value is -0.484. The molecule has 0 amide bonds. The van der Waals surface area contributed by atoms with Gasteiger partial charge in [-0.2, -0.15) is 0 Å². The summed E-state index contributed by atoms with van der Waals surface area (Å²) in [5.74, 6) is 0.791. The molecule has 1 unspecified atom stereocenters. The van der Waals surface area contributed by atoms with E-state index in [9.17, 15) is 0 Å². The van der Waals surface area contributed by atoms with Gasteiger partial charge in [0.05, 0.1) is 0 Å². The fraction of sp³-hybridized carbons (Fsp3) is 0.538. The molecule has 0 aliphatic heterocycles. The van der Waals surface area contributed by atoms with Gasteiger partial charge in [-0.3, -0.25) is 0 Å². The third-order valence-corrected chi connectivity index (χ3v) is 8.35. The third kappa shape index (κ3) is 5.02. The van der Waals surface area contributed by atoms with Crippen LogP contribution in [0.5, 0.6) is 5.75 Å². The van der Waals surface area contributed by atoms with E-state index >= 15 is 0 Å². The summed E-state index contributed by atoms with van der Waals surface area (Å²) in [6.07, 6.45) is 1.06.